The molecule has 0 bridgehead atoms. The van der Waals surface area contributed by atoms with Crippen LogP contribution in [-0.2, 0) is 11.3 Å². The van der Waals surface area contributed by atoms with Crippen LogP contribution in [0.25, 0.3) is 0 Å². The van der Waals surface area contributed by atoms with Gasteiger partial charge in [-0.25, -0.2) is 0 Å². The van der Waals surface area contributed by atoms with E-state index in [4.69, 9.17) is 17.0 Å². The fourth-order valence-electron chi connectivity index (χ4n) is 1.83. The molecule has 0 aliphatic heterocycles. The number of thiocarbonyl (C=S) groups is 1. The van der Waals surface area contributed by atoms with Gasteiger partial charge in [0.05, 0.1) is 0 Å². The van der Waals surface area contributed by atoms with Gasteiger partial charge in [0.1, 0.15) is 6.10 Å². The molecule has 0 saturated carbocycles. The summed E-state index contributed by atoms with van der Waals surface area (Å²) in [5.74, 6) is 0. The van der Waals surface area contributed by atoms with E-state index in [9.17, 15) is 0 Å². The van der Waals surface area contributed by atoms with E-state index in [-0.39, 0.29) is 6.10 Å². The lowest BCUT2D eigenvalue weighted by atomic mass is 10.1. The maximum Gasteiger partial charge on any atom is 0.257 e. The summed E-state index contributed by atoms with van der Waals surface area (Å²) in [6, 6.07) is 10.2. The Labute approximate surface area is 108 Å². The van der Waals surface area contributed by atoms with Crippen LogP contribution in [0.15, 0.2) is 42.5 Å². The summed E-state index contributed by atoms with van der Waals surface area (Å²) in [6.07, 6.45) is 7.81. The molecule has 0 unspecified atom stereocenters. The van der Waals surface area contributed by atoms with E-state index < -0.39 is 0 Å². The van der Waals surface area contributed by atoms with Crippen LogP contribution >= 0.6 is 12.2 Å². The lowest BCUT2D eigenvalue weighted by Gasteiger charge is -2.19. The summed E-state index contributed by atoms with van der Waals surface area (Å²) < 4.78 is 5.65. The third-order valence-electron chi connectivity index (χ3n) is 2.75. The van der Waals surface area contributed by atoms with E-state index in [1.165, 1.54) is 12.0 Å². The standard InChI is InChI=1S/C14H17NOS/c17-14(16-13-9-5-2-6-10-13)15-11-12-7-3-1-4-8-12/h1,3-5,7-9,13H,2,6,10-11H2,(H,15,17)/t13-/m1/s1. The number of benzene rings is 1. The second-order valence-corrected chi connectivity index (χ2v) is 4.51. The van der Waals surface area contributed by atoms with Crippen LogP contribution in [0.2, 0.25) is 0 Å². The number of rotatable bonds is 3. The Morgan fingerprint density at radius 3 is 2.88 bits per heavy atom. The van der Waals surface area contributed by atoms with Crippen LogP contribution in [0.5, 0.6) is 0 Å². The SMILES string of the molecule is S=C(NCc1ccccc1)O[C@@H]1C=CCCC1. The molecule has 2 nitrogen and oxygen atoms in total. The maximum atomic E-state index is 5.65. The fourth-order valence-corrected chi connectivity index (χ4v) is 2.02. The van der Waals surface area contributed by atoms with E-state index in [0.717, 1.165) is 19.4 Å². The Kier molecular flexibility index (Phi) is 4.56. The van der Waals surface area contributed by atoms with Crippen molar-refractivity contribution in [3.05, 3.63) is 48.0 Å². The molecule has 1 N–H and O–H groups in total. The van der Waals surface area contributed by atoms with Crippen LogP contribution in [-0.4, -0.2) is 11.3 Å². The van der Waals surface area contributed by atoms with Crippen LogP contribution in [0, 0.1) is 0 Å². The number of nitrogens with one attached hydrogen (secondary N) is 1. The Hall–Kier alpha value is -1.35. The first kappa shape index (κ1) is 12.1. The highest BCUT2D eigenvalue weighted by molar-refractivity contribution is 7.80. The molecule has 1 aromatic rings. The molecule has 90 valence electrons. The lowest BCUT2D eigenvalue weighted by Crippen LogP contribution is -2.28. The minimum absolute atomic E-state index is 0.152. The van der Waals surface area contributed by atoms with Gasteiger partial charge in [-0.2, -0.15) is 0 Å². The van der Waals surface area contributed by atoms with Crippen molar-refractivity contribution in [2.75, 3.05) is 0 Å². The van der Waals surface area contributed by atoms with Crippen molar-refractivity contribution >= 4 is 17.4 Å². The number of hydrogen-bond acceptors (Lipinski definition) is 2. The van der Waals surface area contributed by atoms with Gasteiger partial charge in [-0.15, -0.1) is 0 Å². The Morgan fingerprint density at radius 2 is 2.18 bits per heavy atom. The maximum absolute atomic E-state index is 5.65. The zero-order valence-corrected chi connectivity index (χ0v) is 10.6. The van der Waals surface area contributed by atoms with Gasteiger partial charge in [0.15, 0.2) is 0 Å². The first-order chi connectivity index (χ1) is 8.34. The summed E-state index contributed by atoms with van der Waals surface area (Å²) in [6.45, 7) is 0.718. The van der Waals surface area contributed by atoms with Gasteiger partial charge in [0.2, 0.25) is 0 Å². The van der Waals surface area contributed by atoms with E-state index >= 15 is 0 Å². The van der Waals surface area contributed by atoms with Gasteiger partial charge in [0, 0.05) is 6.54 Å². The van der Waals surface area contributed by atoms with Crippen molar-refractivity contribution in [1.82, 2.24) is 5.32 Å². The second kappa shape index (κ2) is 6.40. The molecule has 0 amide bonds. The Bertz CT molecular complexity index is 388. The minimum Gasteiger partial charge on any atom is -0.464 e. The molecule has 17 heavy (non-hydrogen) atoms. The summed E-state index contributed by atoms with van der Waals surface area (Å²) in [5.41, 5.74) is 1.21. The molecule has 1 aliphatic carbocycles. The summed E-state index contributed by atoms with van der Waals surface area (Å²) in [4.78, 5) is 0. The fraction of sp³-hybridized carbons (Fsp3) is 0.357. The zero-order chi connectivity index (χ0) is 11.9. The molecule has 0 spiro atoms. The smallest absolute Gasteiger partial charge is 0.257 e. The lowest BCUT2D eigenvalue weighted by molar-refractivity contribution is 0.213. The highest BCUT2D eigenvalue weighted by Crippen LogP contribution is 2.13. The van der Waals surface area contributed by atoms with Gasteiger partial charge in [0.25, 0.3) is 5.17 Å². The van der Waals surface area contributed by atoms with E-state index in [0.29, 0.717) is 5.17 Å². The number of ether oxygens (including phenoxy) is 1. The zero-order valence-electron chi connectivity index (χ0n) is 9.76. The third kappa shape index (κ3) is 4.19. The van der Waals surface area contributed by atoms with E-state index in [1.807, 2.05) is 18.2 Å². The van der Waals surface area contributed by atoms with Gasteiger partial charge in [-0.3, -0.25) is 0 Å². The van der Waals surface area contributed by atoms with Crippen LogP contribution in [0.4, 0.5) is 0 Å². The molecule has 1 aromatic carbocycles. The summed E-state index contributed by atoms with van der Waals surface area (Å²) >= 11 is 5.17. The summed E-state index contributed by atoms with van der Waals surface area (Å²) in [5, 5.41) is 3.61. The molecule has 1 aliphatic rings. The molecule has 0 heterocycles. The van der Waals surface area contributed by atoms with E-state index in [2.05, 4.69) is 29.6 Å². The van der Waals surface area contributed by atoms with Crippen LogP contribution in [0.1, 0.15) is 24.8 Å². The molecular weight excluding hydrogens is 230 g/mol. The number of allylic oxidation sites excluding steroid dienone is 1. The summed E-state index contributed by atoms with van der Waals surface area (Å²) in [7, 11) is 0. The van der Waals surface area contributed by atoms with Crippen molar-refractivity contribution in [3.8, 4) is 0 Å². The molecule has 0 aromatic heterocycles. The first-order valence-corrected chi connectivity index (χ1v) is 6.40. The van der Waals surface area contributed by atoms with Crippen molar-refractivity contribution < 1.29 is 4.74 Å². The van der Waals surface area contributed by atoms with Crippen molar-refractivity contribution in [2.24, 2.45) is 0 Å². The van der Waals surface area contributed by atoms with E-state index in [1.54, 1.807) is 0 Å². The molecule has 0 saturated heterocycles. The van der Waals surface area contributed by atoms with Gasteiger partial charge >= 0.3 is 0 Å². The highest BCUT2D eigenvalue weighted by atomic mass is 32.1. The van der Waals surface area contributed by atoms with Gasteiger partial charge < -0.3 is 10.1 Å². The molecule has 0 fully saturated rings. The largest absolute Gasteiger partial charge is 0.464 e. The van der Waals surface area contributed by atoms with Crippen molar-refractivity contribution in [3.63, 3.8) is 0 Å². The monoisotopic (exact) mass is 247 g/mol. The number of hydrogen-bond donors (Lipinski definition) is 1. The quantitative estimate of drug-likeness (QED) is 0.655. The van der Waals surface area contributed by atoms with Crippen molar-refractivity contribution in [1.29, 1.82) is 0 Å². The van der Waals surface area contributed by atoms with Gasteiger partial charge in [-0.05, 0) is 43.1 Å². The van der Waals surface area contributed by atoms with Gasteiger partial charge in [-0.1, -0.05) is 36.4 Å². The minimum atomic E-state index is 0.152. The first-order valence-electron chi connectivity index (χ1n) is 5.99. The van der Waals surface area contributed by atoms with Crippen LogP contribution < -0.4 is 5.32 Å². The predicted molar refractivity (Wildman–Crippen MR) is 73.7 cm³/mol. The van der Waals surface area contributed by atoms with Crippen LogP contribution in [0.3, 0.4) is 0 Å². The molecule has 3 heteroatoms. The molecular formula is C14H17NOS. The molecule has 2 rings (SSSR count). The van der Waals surface area contributed by atoms with Crippen molar-refractivity contribution in [2.45, 2.75) is 31.9 Å². The Balaban J connectivity index is 1.74. The normalized spacial score (nSPS) is 18.7. The molecule has 0 radical (unpaired) electrons. The second-order valence-electron chi connectivity index (χ2n) is 4.14. The third-order valence-corrected chi connectivity index (χ3v) is 2.99. The predicted octanol–water partition coefficient (Wildman–Crippen LogP) is 3.19. The molecule has 1 atom stereocenters. The average Bonchev–Trinajstić information content (AvgIpc) is 2.39. The topological polar surface area (TPSA) is 21.3 Å². The average molecular weight is 247 g/mol. The highest BCUT2D eigenvalue weighted by Gasteiger charge is 2.10. The Morgan fingerprint density at radius 1 is 1.35 bits per heavy atom.